The zero-order chi connectivity index (χ0) is 19.1. The Labute approximate surface area is 123 Å². The lowest BCUT2D eigenvalue weighted by Crippen LogP contribution is -2.54. The molecule has 0 heterocycles. The van der Waals surface area contributed by atoms with Gasteiger partial charge in [0.2, 0.25) is 5.83 Å². The SMILES string of the molecule is FC(F)=C(F)C(F)(Cl)C(F)(F)CCC(F)(C(F)(F)F)C(F)(F)F. The van der Waals surface area contributed by atoms with Crippen molar-refractivity contribution in [3.63, 3.8) is 0 Å². The Morgan fingerprint density at radius 1 is 0.652 bits per heavy atom. The third kappa shape index (κ3) is 4.15. The summed E-state index contributed by atoms with van der Waals surface area (Å²) in [4.78, 5) is 0. The second kappa shape index (κ2) is 6.20. The largest absolute Gasteiger partial charge is 0.431 e. The molecule has 14 heteroatoms. The lowest BCUT2D eigenvalue weighted by Gasteiger charge is -2.33. The first kappa shape index (κ1) is 22.1. The van der Waals surface area contributed by atoms with Crippen molar-refractivity contribution < 1.29 is 57.1 Å². The fraction of sp³-hybridized carbons (Fsp3) is 0.778. The summed E-state index contributed by atoms with van der Waals surface area (Å²) in [5.41, 5.74) is -6.20. The molecule has 0 aromatic heterocycles. The molecule has 1 atom stereocenters. The van der Waals surface area contributed by atoms with Crippen LogP contribution in [0.2, 0.25) is 0 Å². The zero-order valence-corrected chi connectivity index (χ0v) is 11.0. The van der Waals surface area contributed by atoms with Gasteiger partial charge in [0.25, 0.3) is 5.67 Å². The molecule has 0 aliphatic heterocycles. The molecule has 0 saturated carbocycles. The molecule has 0 aromatic carbocycles. The van der Waals surface area contributed by atoms with Gasteiger partial charge in [0.05, 0.1) is 0 Å². The number of hydrogen-bond donors (Lipinski definition) is 0. The van der Waals surface area contributed by atoms with E-state index in [4.69, 9.17) is 0 Å². The fourth-order valence-electron chi connectivity index (χ4n) is 1.21. The first-order valence-corrected chi connectivity index (χ1v) is 5.48. The van der Waals surface area contributed by atoms with Crippen LogP contribution < -0.4 is 0 Å². The van der Waals surface area contributed by atoms with Gasteiger partial charge in [-0.2, -0.15) is 35.1 Å². The minimum atomic E-state index is -6.73. The molecule has 0 spiro atoms. The van der Waals surface area contributed by atoms with Gasteiger partial charge in [0, 0.05) is 12.8 Å². The number of alkyl halides is 11. The number of hydrogen-bond acceptors (Lipinski definition) is 0. The molecule has 138 valence electrons. The molecule has 0 N–H and O–H groups in total. The molecular weight excluding hydrogens is 391 g/mol. The fourth-order valence-corrected chi connectivity index (χ4v) is 1.38. The van der Waals surface area contributed by atoms with Crippen LogP contribution in [0, 0.1) is 0 Å². The average molecular weight is 395 g/mol. The Morgan fingerprint density at radius 2 is 1.00 bits per heavy atom. The van der Waals surface area contributed by atoms with Crippen molar-refractivity contribution in [2.24, 2.45) is 0 Å². The van der Waals surface area contributed by atoms with Gasteiger partial charge in [0.1, 0.15) is 0 Å². The van der Waals surface area contributed by atoms with Gasteiger partial charge < -0.3 is 0 Å². The molecule has 0 aliphatic carbocycles. The first-order valence-electron chi connectivity index (χ1n) is 5.10. The van der Waals surface area contributed by atoms with Crippen LogP contribution in [0.15, 0.2) is 11.9 Å². The summed E-state index contributed by atoms with van der Waals surface area (Å²) < 4.78 is 161. The highest BCUT2D eigenvalue weighted by Gasteiger charge is 2.73. The van der Waals surface area contributed by atoms with E-state index in [2.05, 4.69) is 11.6 Å². The first-order chi connectivity index (χ1) is 9.81. The summed E-state index contributed by atoms with van der Waals surface area (Å²) in [5, 5.41) is -5.45. The third-order valence-corrected chi connectivity index (χ3v) is 3.03. The van der Waals surface area contributed by atoms with E-state index in [1.165, 1.54) is 0 Å². The van der Waals surface area contributed by atoms with E-state index in [1.807, 2.05) is 0 Å². The molecule has 0 nitrogen and oxygen atoms in total. The molecule has 0 aliphatic rings. The van der Waals surface area contributed by atoms with Crippen molar-refractivity contribution in [1.29, 1.82) is 0 Å². The predicted molar refractivity (Wildman–Crippen MR) is 50.2 cm³/mol. The standard InChI is InChI=1S/C9H4ClF13/c10-7(17,3(11)4(12)13)6(15,16)2-1-5(14,8(18,19)20)9(21,22)23/h1-2H2. The predicted octanol–water partition coefficient (Wildman–Crippen LogP) is 6.22. The van der Waals surface area contributed by atoms with Crippen molar-refractivity contribution in [1.82, 2.24) is 0 Å². The third-order valence-electron chi connectivity index (χ3n) is 2.58. The molecule has 0 saturated heterocycles. The maximum absolute atomic E-state index is 13.1. The lowest BCUT2D eigenvalue weighted by molar-refractivity contribution is -0.345. The van der Waals surface area contributed by atoms with E-state index in [-0.39, 0.29) is 0 Å². The highest BCUT2D eigenvalue weighted by molar-refractivity contribution is 6.25. The van der Waals surface area contributed by atoms with Crippen LogP contribution >= 0.6 is 11.6 Å². The van der Waals surface area contributed by atoms with Crippen LogP contribution in [-0.2, 0) is 0 Å². The molecule has 0 bridgehead atoms. The van der Waals surface area contributed by atoms with Gasteiger partial charge >= 0.3 is 29.5 Å². The molecule has 23 heavy (non-hydrogen) atoms. The Hall–Kier alpha value is -0.880. The molecule has 1 unspecified atom stereocenters. The normalized spacial score (nSPS) is 17.0. The van der Waals surface area contributed by atoms with Crippen LogP contribution in [0.1, 0.15) is 12.8 Å². The molecule has 0 amide bonds. The second-order valence-corrected chi connectivity index (χ2v) is 4.67. The topological polar surface area (TPSA) is 0 Å². The average Bonchev–Trinajstić information content (AvgIpc) is 2.31. The molecule has 0 rings (SSSR count). The molecular formula is C9H4ClF13. The summed E-state index contributed by atoms with van der Waals surface area (Å²) in [7, 11) is 0. The summed E-state index contributed by atoms with van der Waals surface area (Å²) in [5.74, 6) is -9.33. The number of allylic oxidation sites excluding steroid dienone is 1. The maximum atomic E-state index is 13.1. The quantitative estimate of drug-likeness (QED) is 0.384. The highest BCUT2D eigenvalue weighted by atomic mass is 35.5. The molecule has 0 radical (unpaired) electrons. The van der Waals surface area contributed by atoms with E-state index >= 15 is 0 Å². The number of halogens is 14. The van der Waals surface area contributed by atoms with Crippen LogP contribution in [0.5, 0.6) is 0 Å². The Balaban J connectivity index is 5.62. The number of rotatable bonds is 5. The van der Waals surface area contributed by atoms with Crippen molar-refractivity contribution in [3.8, 4) is 0 Å². The van der Waals surface area contributed by atoms with Gasteiger partial charge in [0.15, 0.2) is 0 Å². The second-order valence-electron chi connectivity index (χ2n) is 4.15. The summed E-state index contributed by atoms with van der Waals surface area (Å²) >= 11 is 4.12. The van der Waals surface area contributed by atoms with Crippen LogP contribution in [0.25, 0.3) is 0 Å². The Kier molecular flexibility index (Phi) is 5.97. The molecule has 0 fully saturated rings. The Morgan fingerprint density at radius 3 is 1.26 bits per heavy atom. The lowest BCUT2D eigenvalue weighted by atomic mass is 9.94. The summed E-state index contributed by atoms with van der Waals surface area (Å²) in [6, 6.07) is 0. The van der Waals surface area contributed by atoms with Crippen LogP contribution in [0.4, 0.5) is 57.1 Å². The van der Waals surface area contributed by atoms with E-state index in [1.54, 1.807) is 0 Å². The highest BCUT2D eigenvalue weighted by Crippen LogP contribution is 2.53. The smallest absolute Gasteiger partial charge is 0.224 e. The van der Waals surface area contributed by atoms with Crippen LogP contribution in [-0.4, -0.2) is 29.1 Å². The van der Waals surface area contributed by atoms with Crippen LogP contribution in [0.3, 0.4) is 0 Å². The van der Waals surface area contributed by atoms with Crippen molar-refractivity contribution in [3.05, 3.63) is 11.9 Å². The molecule has 0 aromatic rings. The van der Waals surface area contributed by atoms with Gasteiger partial charge in [-0.3, -0.25) is 0 Å². The van der Waals surface area contributed by atoms with E-state index in [0.29, 0.717) is 0 Å². The summed E-state index contributed by atoms with van der Waals surface area (Å²) in [6.45, 7) is 0. The van der Waals surface area contributed by atoms with Gasteiger partial charge in [-0.25, -0.2) is 22.0 Å². The Bertz CT molecular complexity index is 439. The van der Waals surface area contributed by atoms with E-state index in [0.717, 1.165) is 0 Å². The van der Waals surface area contributed by atoms with Crippen molar-refractivity contribution in [2.45, 2.75) is 41.9 Å². The van der Waals surface area contributed by atoms with Gasteiger partial charge in [-0.05, 0) is 0 Å². The maximum Gasteiger partial charge on any atom is 0.431 e. The minimum Gasteiger partial charge on any atom is -0.224 e. The van der Waals surface area contributed by atoms with E-state index < -0.39 is 53.8 Å². The van der Waals surface area contributed by atoms with Gasteiger partial charge in [-0.15, -0.1) is 0 Å². The minimum absolute atomic E-state index is 2.97. The van der Waals surface area contributed by atoms with Gasteiger partial charge in [-0.1, -0.05) is 11.6 Å². The van der Waals surface area contributed by atoms with Crippen molar-refractivity contribution in [2.75, 3.05) is 0 Å². The zero-order valence-electron chi connectivity index (χ0n) is 10.2. The van der Waals surface area contributed by atoms with Crippen molar-refractivity contribution >= 4 is 11.6 Å². The summed E-state index contributed by atoms with van der Waals surface area (Å²) in [6.07, 6.45) is -23.3. The van der Waals surface area contributed by atoms with E-state index in [9.17, 15) is 57.1 Å². The monoisotopic (exact) mass is 394 g/mol.